The fourth-order valence-electron chi connectivity index (χ4n) is 3.95. The Kier molecular flexibility index (Phi) is 6.11. The van der Waals surface area contributed by atoms with Gasteiger partial charge < -0.3 is 9.73 Å². The molecule has 3 heterocycles. The van der Waals surface area contributed by atoms with Gasteiger partial charge in [0, 0.05) is 10.4 Å². The van der Waals surface area contributed by atoms with E-state index in [0.29, 0.717) is 0 Å². The Balaban J connectivity index is 1.75. The van der Waals surface area contributed by atoms with E-state index in [4.69, 9.17) is 4.42 Å². The molecule has 152 valence electrons. The highest BCUT2D eigenvalue weighted by molar-refractivity contribution is 7.16. The van der Waals surface area contributed by atoms with Crippen molar-refractivity contribution in [1.29, 1.82) is 0 Å². The van der Waals surface area contributed by atoms with Crippen LogP contribution in [0, 0.1) is 5.82 Å². The minimum absolute atomic E-state index is 0.0885. The number of furan rings is 1. The summed E-state index contributed by atoms with van der Waals surface area (Å²) in [5, 5.41) is 3.85. The normalized spacial score (nSPS) is 15.9. The van der Waals surface area contributed by atoms with Crippen LogP contribution in [-0.4, -0.2) is 23.9 Å². The van der Waals surface area contributed by atoms with Gasteiger partial charge in [-0.05, 0) is 68.2 Å². The van der Waals surface area contributed by atoms with Crippen LogP contribution < -0.4 is 5.32 Å². The molecule has 0 saturated carbocycles. The van der Waals surface area contributed by atoms with E-state index in [2.05, 4.69) is 23.2 Å². The van der Waals surface area contributed by atoms with Gasteiger partial charge in [-0.2, -0.15) is 0 Å². The lowest BCUT2D eigenvalue weighted by molar-refractivity contribution is 0.0996. The summed E-state index contributed by atoms with van der Waals surface area (Å²) < 4.78 is 19.3. The van der Waals surface area contributed by atoms with E-state index >= 15 is 0 Å². The number of nitrogens with zero attached hydrogens (tertiary/aromatic N) is 1. The number of aryl methyl sites for hydroxylation is 1. The lowest BCUT2D eigenvalue weighted by Gasteiger charge is -2.35. The Morgan fingerprint density at radius 3 is 2.72 bits per heavy atom. The van der Waals surface area contributed by atoms with Gasteiger partial charge in [-0.25, -0.2) is 4.39 Å². The third kappa shape index (κ3) is 4.43. The molecule has 3 aromatic rings. The quantitative estimate of drug-likeness (QED) is 0.551. The third-order valence-corrected chi connectivity index (χ3v) is 6.56. The van der Waals surface area contributed by atoms with Gasteiger partial charge >= 0.3 is 0 Å². The Morgan fingerprint density at radius 2 is 2.03 bits per heavy atom. The zero-order valence-corrected chi connectivity index (χ0v) is 17.3. The number of rotatable bonds is 6. The van der Waals surface area contributed by atoms with Gasteiger partial charge in [0.2, 0.25) is 0 Å². The van der Waals surface area contributed by atoms with Crippen molar-refractivity contribution in [1.82, 2.24) is 4.90 Å². The number of nitrogens with one attached hydrogen (secondary N) is 1. The maximum atomic E-state index is 14.1. The van der Waals surface area contributed by atoms with Crippen molar-refractivity contribution >= 4 is 22.2 Å². The monoisotopic (exact) mass is 412 g/mol. The lowest BCUT2D eigenvalue weighted by Crippen LogP contribution is -2.34. The summed E-state index contributed by atoms with van der Waals surface area (Å²) in [6, 6.07) is 12.2. The average Bonchev–Trinajstić information content (AvgIpc) is 3.40. The van der Waals surface area contributed by atoms with Crippen molar-refractivity contribution in [2.45, 2.75) is 38.6 Å². The molecule has 1 aliphatic rings. The van der Waals surface area contributed by atoms with Crippen molar-refractivity contribution < 1.29 is 13.6 Å². The summed E-state index contributed by atoms with van der Waals surface area (Å²) in [5.74, 6) is -0.225. The molecule has 1 aliphatic heterocycles. The van der Waals surface area contributed by atoms with Crippen molar-refractivity contribution in [2.75, 3.05) is 18.4 Å². The lowest BCUT2D eigenvalue weighted by atomic mass is 9.95. The van der Waals surface area contributed by atoms with Crippen molar-refractivity contribution in [3.63, 3.8) is 0 Å². The number of hydrogen-bond donors (Lipinski definition) is 1. The summed E-state index contributed by atoms with van der Waals surface area (Å²) in [7, 11) is 0. The highest BCUT2D eigenvalue weighted by atomic mass is 32.1. The van der Waals surface area contributed by atoms with E-state index in [9.17, 15) is 9.18 Å². The summed E-state index contributed by atoms with van der Waals surface area (Å²) in [5.41, 5.74) is 1.94. The Labute approximate surface area is 174 Å². The summed E-state index contributed by atoms with van der Waals surface area (Å²) in [6.45, 7) is 4.03. The zero-order chi connectivity index (χ0) is 20.2. The Hall–Kier alpha value is -2.44. The molecule has 0 radical (unpaired) electrons. The molecule has 4 rings (SSSR count). The Morgan fingerprint density at radius 1 is 1.21 bits per heavy atom. The number of benzene rings is 1. The second kappa shape index (κ2) is 8.93. The fraction of sp³-hybridized carbons (Fsp3) is 0.348. The predicted octanol–water partition coefficient (Wildman–Crippen LogP) is 5.87. The molecule has 2 aromatic heterocycles. The van der Waals surface area contributed by atoms with Crippen LogP contribution in [0.5, 0.6) is 0 Å². The van der Waals surface area contributed by atoms with Gasteiger partial charge in [0.15, 0.2) is 5.76 Å². The molecule has 1 saturated heterocycles. The first-order valence-electron chi connectivity index (χ1n) is 10.1. The smallest absolute Gasteiger partial charge is 0.291 e. The first-order valence-corrected chi connectivity index (χ1v) is 10.9. The minimum Gasteiger partial charge on any atom is -0.459 e. The summed E-state index contributed by atoms with van der Waals surface area (Å²) >= 11 is 1.58. The van der Waals surface area contributed by atoms with Crippen LogP contribution >= 0.6 is 11.3 Å². The molecule has 6 heteroatoms. The van der Waals surface area contributed by atoms with Crippen LogP contribution in [0.25, 0.3) is 0 Å². The number of piperidine rings is 1. The second-order valence-electron chi connectivity index (χ2n) is 7.34. The fourth-order valence-corrected chi connectivity index (χ4v) is 4.97. The van der Waals surface area contributed by atoms with E-state index in [0.717, 1.165) is 48.5 Å². The Bertz CT molecular complexity index is 961. The molecular weight excluding hydrogens is 387 g/mol. The molecule has 4 nitrogen and oxygen atoms in total. The van der Waals surface area contributed by atoms with Gasteiger partial charge in [-0.3, -0.25) is 9.69 Å². The van der Waals surface area contributed by atoms with Crippen LogP contribution in [0.15, 0.2) is 53.1 Å². The molecule has 0 bridgehead atoms. The number of carbonyl (C=O) groups excluding carboxylic acids is 1. The van der Waals surface area contributed by atoms with E-state index in [1.807, 2.05) is 6.07 Å². The number of thiophene rings is 1. The largest absolute Gasteiger partial charge is 0.459 e. The molecule has 1 N–H and O–H groups in total. The number of halogens is 1. The maximum absolute atomic E-state index is 14.1. The minimum atomic E-state index is -0.266. The molecule has 0 aliphatic carbocycles. The maximum Gasteiger partial charge on any atom is 0.291 e. The van der Waals surface area contributed by atoms with Gasteiger partial charge in [-0.15, -0.1) is 11.3 Å². The van der Waals surface area contributed by atoms with Gasteiger partial charge in [0.25, 0.3) is 5.91 Å². The second-order valence-corrected chi connectivity index (χ2v) is 8.47. The summed E-state index contributed by atoms with van der Waals surface area (Å²) in [4.78, 5) is 16.2. The molecule has 1 aromatic carbocycles. The van der Waals surface area contributed by atoms with Crippen LogP contribution in [0.3, 0.4) is 0 Å². The number of hydrogen-bond acceptors (Lipinski definition) is 4. The molecule has 1 atom stereocenters. The topological polar surface area (TPSA) is 45.5 Å². The number of anilines is 1. The van der Waals surface area contributed by atoms with Crippen LogP contribution in [-0.2, 0) is 6.42 Å². The first-order chi connectivity index (χ1) is 14.2. The molecule has 1 amide bonds. The van der Waals surface area contributed by atoms with Crippen molar-refractivity contribution in [3.05, 3.63) is 76.3 Å². The van der Waals surface area contributed by atoms with Crippen LogP contribution in [0.1, 0.15) is 58.8 Å². The molecule has 1 unspecified atom stereocenters. The SMILES string of the molecule is CCc1cc(C(c2cccc(F)c2)N2CCCCC2)c(NC(=O)c2ccco2)s1. The van der Waals surface area contributed by atoms with E-state index in [1.54, 1.807) is 35.6 Å². The highest BCUT2D eigenvalue weighted by Gasteiger charge is 2.29. The van der Waals surface area contributed by atoms with Crippen molar-refractivity contribution in [2.24, 2.45) is 0 Å². The van der Waals surface area contributed by atoms with Crippen LogP contribution in [0.2, 0.25) is 0 Å². The van der Waals surface area contributed by atoms with E-state index < -0.39 is 0 Å². The van der Waals surface area contributed by atoms with Gasteiger partial charge in [-0.1, -0.05) is 25.5 Å². The summed E-state index contributed by atoms with van der Waals surface area (Å²) in [6.07, 6.45) is 5.85. The van der Waals surface area contributed by atoms with Crippen molar-refractivity contribution in [3.8, 4) is 0 Å². The first kappa shape index (κ1) is 19.9. The van der Waals surface area contributed by atoms with Crippen LogP contribution in [0.4, 0.5) is 9.39 Å². The zero-order valence-electron chi connectivity index (χ0n) is 16.5. The molecule has 1 fully saturated rings. The number of likely N-dealkylation sites (tertiary alicyclic amines) is 1. The standard InChI is InChI=1S/C23H25FN2O2S/c1-2-18-15-19(23(29-18)25-22(27)20-10-7-13-28-20)21(26-11-4-3-5-12-26)16-8-6-9-17(24)14-16/h6-10,13-15,21H,2-5,11-12H2,1H3,(H,25,27). The highest BCUT2D eigenvalue weighted by Crippen LogP contribution is 2.40. The van der Waals surface area contributed by atoms with E-state index in [1.165, 1.54) is 23.6 Å². The van der Waals surface area contributed by atoms with E-state index in [-0.39, 0.29) is 23.5 Å². The number of amides is 1. The average molecular weight is 413 g/mol. The van der Waals surface area contributed by atoms with Gasteiger partial charge in [0.05, 0.1) is 12.3 Å². The predicted molar refractivity (Wildman–Crippen MR) is 114 cm³/mol. The number of carbonyl (C=O) groups is 1. The van der Waals surface area contributed by atoms with Gasteiger partial charge in [0.1, 0.15) is 10.8 Å². The third-order valence-electron chi connectivity index (χ3n) is 5.35. The molecule has 29 heavy (non-hydrogen) atoms. The molecular formula is C23H25FN2O2S. The molecule has 0 spiro atoms.